The van der Waals surface area contributed by atoms with Gasteiger partial charge in [0.25, 0.3) is 0 Å². The van der Waals surface area contributed by atoms with Gasteiger partial charge in [0, 0.05) is 61.4 Å². The maximum Gasteiger partial charge on any atom is 0.321 e. The third kappa shape index (κ3) is 4.53. The van der Waals surface area contributed by atoms with Crippen LogP contribution in [0.25, 0.3) is 0 Å². The van der Waals surface area contributed by atoms with Crippen molar-refractivity contribution in [2.75, 3.05) is 44.6 Å². The molecule has 0 saturated carbocycles. The average Bonchev–Trinajstić information content (AvgIpc) is 3.16. The van der Waals surface area contributed by atoms with Crippen LogP contribution in [0.1, 0.15) is 39.2 Å². The van der Waals surface area contributed by atoms with E-state index < -0.39 is 0 Å². The van der Waals surface area contributed by atoms with Crippen LogP contribution in [-0.4, -0.2) is 71.4 Å². The molecule has 3 amide bonds. The number of rotatable bonds is 4. The van der Waals surface area contributed by atoms with Crippen molar-refractivity contribution in [1.82, 2.24) is 14.7 Å². The molecule has 0 spiro atoms. The number of hydrogen-bond donors (Lipinski definition) is 1. The molecule has 2 aliphatic heterocycles. The van der Waals surface area contributed by atoms with Gasteiger partial charge < -0.3 is 15.1 Å². The highest BCUT2D eigenvalue weighted by Gasteiger charge is 2.44. The van der Waals surface area contributed by atoms with Gasteiger partial charge in [-0.1, -0.05) is 38.4 Å². The van der Waals surface area contributed by atoms with Crippen molar-refractivity contribution >= 4 is 29.2 Å². The first kappa shape index (κ1) is 21.9. The SMILES string of the molecule is CCC1(N2CCN(C(=O)Nc3cccc(Cl)c3C)CC2)CCN(C(=O)C(C)C)C1. The van der Waals surface area contributed by atoms with Gasteiger partial charge in [0.1, 0.15) is 0 Å². The molecule has 1 aromatic carbocycles. The standard InChI is InChI=1S/C22H33ClN4O2/c1-5-22(9-10-26(15-22)20(28)16(2)3)27-13-11-25(12-14-27)21(29)24-19-8-6-7-18(23)17(19)4/h6-8,16H,5,9-15H2,1-4H3,(H,24,29). The minimum atomic E-state index is -0.0800. The zero-order valence-corrected chi connectivity index (χ0v) is 18.8. The monoisotopic (exact) mass is 420 g/mol. The van der Waals surface area contributed by atoms with E-state index in [0.717, 1.165) is 50.3 Å². The van der Waals surface area contributed by atoms with E-state index >= 15 is 0 Å². The molecule has 0 bridgehead atoms. The maximum absolute atomic E-state index is 12.7. The number of anilines is 1. The van der Waals surface area contributed by atoms with Crippen molar-refractivity contribution in [2.24, 2.45) is 5.92 Å². The van der Waals surface area contributed by atoms with Crippen LogP contribution in [-0.2, 0) is 4.79 Å². The Morgan fingerprint density at radius 1 is 1.14 bits per heavy atom. The lowest BCUT2D eigenvalue weighted by molar-refractivity contribution is -0.134. The summed E-state index contributed by atoms with van der Waals surface area (Å²) in [5.41, 5.74) is 1.68. The van der Waals surface area contributed by atoms with Gasteiger partial charge >= 0.3 is 6.03 Å². The molecule has 2 aliphatic rings. The molecule has 160 valence electrons. The molecule has 7 heteroatoms. The van der Waals surface area contributed by atoms with E-state index in [2.05, 4.69) is 17.1 Å². The largest absolute Gasteiger partial charge is 0.341 e. The third-order valence-corrected chi connectivity index (χ3v) is 6.95. The minimum Gasteiger partial charge on any atom is -0.341 e. The van der Waals surface area contributed by atoms with Gasteiger partial charge in [-0.3, -0.25) is 9.69 Å². The summed E-state index contributed by atoms with van der Waals surface area (Å²) in [7, 11) is 0. The van der Waals surface area contributed by atoms with Crippen LogP contribution in [0.15, 0.2) is 18.2 Å². The number of nitrogens with zero attached hydrogens (tertiary/aromatic N) is 3. The lowest BCUT2D eigenvalue weighted by Crippen LogP contribution is -2.59. The van der Waals surface area contributed by atoms with E-state index in [0.29, 0.717) is 18.1 Å². The maximum atomic E-state index is 12.7. The molecule has 6 nitrogen and oxygen atoms in total. The molecule has 3 rings (SSSR count). The van der Waals surface area contributed by atoms with E-state index in [4.69, 9.17) is 11.6 Å². The fourth-order valence-corrected chi connectivity index (χ4v) is 4.68. The summed E-state index contributed by atoms with van der Waals surface area (Å²) < 4.78 is 0. The zero-order chi connectivity index (χ0) is 21.2. The number of nitrogens with one attached hydrogen (secondary N) is 1. The number of benzene rings is 1. The summed E-state index contributed by atoms with van der Waals surface area (Å²) in [6.45, 7) is 12.7. The van der Waals surface area contributed by atoms with Crippen LogP contribution in [0.3, 0.4) is 0 Å². The van der Waals surface area contributed by atoms with E-state index in [1.807, 2.05) is 48.8 Å². The Morgan fingerprint density at radius 2 is 1.83 bits per heavy atom. The van der Waals surface area contributed by atoms with Crippen LogP contribution < -0.4 is 5.32 Å². The second kappa shape index (κ2) is 8.92. The quantitative estimate of drug-likeness (QED) is 0.805. The number of amides is 3. The number of hydrogen-bond acceptors (Lipinski definition) is 3. The van der Waals surface area contributed by atoms with Crippen LogP contribution in [0, 0.1) is 12.8 Å². The predicted octanol–water partition coefficient (Wildman–Crippen LogP) is 3.84. The Hall–Kier alpha value is -1.79. The van der Waals surface area contributed by atoms with Gasteiger partial charge in [-0.2, -0.15) is 0 Å². The summed E-state index contributed by atoms with van der Waals surface area (Å²) in [6.07, 6.45) is 2.03. The minimum absolute atomic E-state index is 0.0384. The molecular weight excluding hydrogens is 388 g/mol. The van der Waals surface area contributed by atoms with Crippen LogP contribution in [0.2, 0.25) is 5.02 Å². The number of halogens is 1. The number of likely N-dealkylation sites (tertiary alicyclic amines) is 1. The number of urea groups is 1. The van der Waals surface area contributed by atoms with Crippen molar-refractivity contribution in [3.63, 3.8) is 0 Å². The van der Waals surface area contributed by atoms with E-state index in [9.17, 15) is 9.59 Å². The Labute approximate surface area is 179 Å². The molecule has 2 saturated heterocycles. The lowest BCUT2D eigenvalue weighted by atomic mass is 9.92. The molecule has 2 fully saturated rings. The molecule has 29 heavy (non-hydrogen) atoms. The van der Waals surface area contributed by atoms with E-state index in [-0.39, 0.29) is 23.4 Å². The second-order valence-electron chi connectivity index (χ2n) is 8.56. The third-order valence-electron chi connectivity index (χ3n) is 6.54. The first-order valence-electron chi connectivity index (χ1n) is 10.6. The van der Waals surface area contributed by atoms with Crippen LogP contribution in [0.4, 0.5) is 10.5 Å². The number of carbonyl (C=O) groups excluding carboxylic acids is 2. The topological polar surface area (TPSA) is 55.9 Å². The summed E-state index contributed by atoms with van der Waals surface area (Å²) in [4.78, 5) is 31.5. The van der Waals surface area contributed by atoms with Crippen molar-refractivity contribution in [3.8, 4) is 0 Å². The van der Waals surface area contributed by atoms with Gasteiger partial charge in [-0.25, -0.2) is 4.79 Å². The first-order valence-corrected chi connectivity index (χ1v) is 11.0. The molecule has 0 radical (unpaired) electrons. The lowest BCUT2D eigenvalue weighted by Gasteiger charge is -2.45. The molecule has 0 aromatic heterocycles. The highest BCUT2D eigenvalue weighted by Crippen LogP contribution is 2.33. The average molecular weight is 421 g/mol. The van der Waals surface area contributed by atoms with Gasteiger partial charge in [-0.05, 0) is 37.5 Å². The first-order chi connectivity index (χ1) is 13.8. The van der Waals surface area contributed by atoms with Gasteiger partial charge in [0.15, 0.2) is 0 Å². The van der Waals surface area contributed by atoms with Crippen molar-refractivity contribution < 1.29 is 9.59 Å². The molecule has 1 N–H and O–H groups in total. The molecule has 1 atom stereocenters. The summed E-state index contributed by atoms with van der Waals surface area (Å²) in [5.74, 6) is 0.286. The summed E-state index contributed by atoms with van der Waals surface area (Å²) >= 11 is 6.16. The highest BCUT2D eigenvalue weighted by molar-refractivity contribution is 6.31. The van der Waals surface area contributed by atoms with Crippen LogP contribution >= 0.6 is 11.6 Å². The fourth-order valence-electron chi connectivity index (χ4n) is 4.50. The molecule has 0 aliphatic carbocycles. The molecule has 1 aromatic rings. The number of piperazine rings is 1. The predicted molar refractivity (Wildman–Crippen MR) is 117 cm³/mol. The van der Waals surface area contributed by atoms with E-state index in [1.165, 1.54) is 0 Å². The van der Waals surface area contributed by atoms with Crippen molar-refractivity contribution in [3.05, 3.63) is 28.8 Å². The Kier molecular flexibility index (Phi) is 6.74. The van der Waals surface area contributed by atoms with E-state index in [1.54, 1.807) is 0 Å². The normalized spacial score (nSPS) is 23.0. The molecule has 2 heterocycles. The molecule has 1 unspecified atom stereocenters. The zero-order valence-electron chi connectivity index (χ0n) is 18.0. The van der Waals surface area contributed by atoms with Crippen LogP contribution in [0.5, 0.6) is 0 Å². The summed E-state index contributed by atoms with van der Waals surface area (Å²) in [5, 5.41) is 3.65. The smallest absolute Gasteiger partial charge is 0.321 e. The Balaban J connectivity index is 1.59. The highest BCUT2D eigenvalue weighted by atomic mass is 35.5. The van der Waals surface area contributed by atoms with Crippen molar-refractivity contribution in [1.29, 1.82) is 0 Å². The van der Waals surface area contributed by atoms with Crippen molar-refractivity contribution in [2.45, 2.75) is 46.1 Å². The van der Waals surface area contributed by atoms with Gasteiger partial charge in [0.05, 0.1) is 0 Å². The summed E-state index contributed by atoms with van der Waals surface area (Å²) in [6, 6.07) is 5.46. The molecular formula is C22H33ClN4O2. The van der Waals surface area contributed by atoms with Gasteiger partial charge in [0.2, 0.25) is 5.91 Å². The fraction of sp³-hybridized carbons (Fsp3) is 0.636. The number of carbonyl (C=O) groups is 2. The Bertz CT molecular complexity index is 761. The van der Waals surface area contributed by atoms with Gasteiger partial charge in [-0.15, -0.1) is 0 Å². The Morgan fingerprint density at radius 3 is 2.45 bits per heavy atom. The second-order valence-corrected chi connectivity index (χ2v) is 8.97.